The van der Waals surface area contributed by atoms with Crippen LogP contribution in [0.25, 0.3) is 0 Å². The SMILES string of the molecule is Cc1ccc([C@H](C)NCc2csnn2)cc1. The van der Waals surface area contributed by atoms with Gasteiger partial charge >= 0.3 is 0 Å². The molecule has 0 spiro atoms. The van der Waals surface area contributed by atoms with Crippen LogP contribution < -0.4 is 5.32 Å². The molecule has 1 atom stereocenters. The summed E-state index contributed by atoms with van der Waals surface area (Å²) in [5.74, 6) is 0. The Hall–Kier alpha value is -1.26. The lowest BCUT2D eigenvalue weighted by Gasteiger charge is -2.13. The van der Waals surface area contributed by atoms with E-state index < -0.39 is 0 Å². The van der Waals surface area contributed by atoms with Gasteiger partial charge in [-0.05, 0) is 30.9 Å². The van der Waals surface area contributed by atoms with Gasteiger partial charge in [0, 0.05) is 18.0 Å². The van der Waals surface area contributed by atoms with E-state index in [9.17, 15) is 0 Å². The zero-order valence-electron chi connectivity index (χ0n) is 9.47. The summed E-state index contributed by atoms with van der Waals surface area (Å²) in [4.78, 5) is 0. The molecule has 4 heteroatoms. The van der Waals surface area contributed by atoms with Crippen molar-refractivity contribution in [3.05, 3.63) is 46.5 Å². The maximum atomic E-state index is 4.00. The molecule has 16 heavy (non-hydrogen) atoms. The number of rotatable bonds is 4. The second-order valence-corrected chi connectivity index (χ2v) is 4.52. The van der Waals surface area contributed by atoms with Gasteiger partial charge in [-0.3, -0.25) is 0 Å². The molecular weight excluding hydrogens is 218 g/mol. The van der Waals surface area contributed by atoms with Gasteiger partial charge in [-0.15, -0.1) is 5.10 Å². The van der Waals surface area contributed by atoms with Gasteiger partial charge in [0.25, 0.3) is 0 Å². The summed E-state index contributed by atoms with van der Waals surface area (Å²) in [6, 6.07) is 8.93. The molecule has 0 aliphatic carbocycles. The van der Waals surface area contributed by atoms with Gasteiger partial charge in [0.1, 0.15) is 0 Å². The molecule has 1 N–H and O–H groups in total. The molecule has 0 unspecified atom stereocenters. The Bertz CT molecular complexity index is 422. The van der Waals surface area contributed by atoms with Gasteiger partial charge in [0.15, 0.2) is 0 Å². The van der Waals surface area contributed by atoms with E-state index in [1.165, 1.54) is 22.7 Å². The van der Waals surface area contributed by atoms with E-state index in [0.717, 1.165) is 12.2 Å². The van der Waals surface area contributed by atoms with Crippen molar-refractivity contribution >= 4 is 11.5 Å². The first-order chi connectivity index (χ1) is 7.75. The van der Waals surface area contributed by atoms with Crippen molar-refractivity contribution in [2.75, 3.05) is 0 Å². The topological polar surface area (TPSA) is 37.8 Å². The van der Waals surface area contributed by atoms with Crippen molar-refractivity contribution in [1.29, 1.82) is 0 Å². The van der Waals surface area contributed by atoms with E-state index in [0.29, 0.717) is 6.04 Å². The smallest absolute Gasteiger partial charge is 0.0893 e. The first-order valence-electron chi connectivity index (χ1n) is 5.31. The molecule has 0 amide bonds. The minimum atomic E-state index is 0.335. The Morgan fingerprint density at radius 2 is 2.06 bits per heavy atom. The fourth-order valence-corrected chi connectivity index (χ4v) is 1.94. The van der Waals surface area contributed by atoms with Gasteiger partial charge in [0.2, 0.25) is 0 Å². The van der Waals surface area contributed by atoms with Crippen LogP contribution in [0.15, 0.2) is 29.6 Å². The molecule has 0 aliphatic rings. The molecule has 1 aromatic carbocycles. The highest BCUT2D eigenvalue weighted by Crippen LogP contribution is 2.13. The number of hydrogen-bond acceptors (Lipinski definition) is 4. The van der Waals surface area contributed by atoms with Crippen molar-refractivity contribution in [3.63, 3.8) is 0 Å². The number of aryl methyl sites for hydroxylation is 1. The zero-order valence-corrected chi connectivity index (χ0v) is 10.3. The largest absolute Gasteiger partial charge is 0.304 e. The first kappa shape index (κ1) is 11.2. The fraction of sp³-hybridized carbons (Fsp3) is 0.333. The molecule has 2 rings (SSSR count). The number of nitrogens with zero attached hydrogens (tertiary/aromatic N) is 2. The van der Waals surface area contributed by atoms with E-state index >= 15 is 0 Å². The van der Waals surface area contributed by atoms with Crippen LogP contribution in [-0.4, -0.2) is 9.59 Å². The van der Waals surface area contributed by atoms with Gasteiger partial charge in [-0.1, -0.05) is 34.3 Å². The van der Waals surface area contributed by atoms with Crippen LogP contribution in [0.2, 0.25) is 0 Å². The second-order valence-electron chi connectivity index (χ2n) is 3.91. The summed E-state index contributed by atoms with van der Waals surface area (Å²) in [5, 5.41) is 9.39. The van der Waals surface area contributed by atoms with Crippen LogP contribution in [-0.2, 0) is 6.54 Å². The summed E-state index contributed by atoms with van der Waals surface area (Å²) in [6.07, 6.45) is 0. The Labute approximate surface area is 99.7 Å². The monoisotopic (exact) mass is 233 g/mol. The van der Waals surface area contributed by atoms with Crippen molar-refractivity contribution in [2.45, 2.75) is 26.4 Å². The van der Waals surface area contributed by atoms with Crippen molar-refractivity contribution < 1.29 is 0 Å². The van der Waals surface area contributed by atoms with Crippen LogP contribution in [0.3, 0.4) is 0 Å². The second kappa shape index (κ2) is 5.18. The van der Waals surface area contributed by atoms with Crippen molar-refractivity contribution in [3.8, 4) is 0 Å². The van der Waals surface area contributed by atoms with E-state index in [4.69, 9.17) is 0 Å². The van der Waals surface area contributed by atoms with Crippen LogP contribution in [0, 0.1) is 6.92 Å². The van der Waals surface area contributed by atoms with Gasteiger partial charge < -0.3 is 5.32 Å². The van der Waals surface area contributed by atoms with Crippen molar-refractivity contribution in [2.24, 2.45) is 0 Å². The van der Waals surface area contributed by atoms with Crippen LogP contribution in [0.4, 0.5) is 0 Å². The maximum Gasteiger partial charge on any atom is 0.0893 e. The minimum Gasteiger partial charge on any atom is -0.304 e. The van der Waals surface area contributed by atoms with Crippen LogP contribution >= 0.6 is 11.5 Å². The molecule has 84 valence electrons. The standard InChI is InChI=1S/C12H15N3S/c1-9-3-5-11(6-4-9)10(2)13-7-12-8-16-15-14-12/h3-6,8,10,13H,7H2,1-2H3/t10-/m0/s1. The van der Waals surface area contributed by atoms with E-state index in [1.54, 1.807) is 0 Å². The molecule has 0 saturated heterocycles. The van der Waals surface area contributed by atoms with E-state index in [2.05, 4.69) is 53.0 Å². The Morgan fingerprint density at radius 3 is 2.69 bits per heavy atom. The first-order valence-corrected chi connectivity index (χ1v) is 6.15. The molecule has 0 bridgehead atoms. The average Bonchev–Trinajstić information content (AvgIpc) is 2.80. The summed E-state index contributed by atoms with van der Waals surface area (Å²) in [7, 11) is 0. The third-order valence-corrected chi connectivity index (χ3v) is 3.13. The lowest BCUT2D eigenvalue weighted by molar-refractivity contribution is 0.567. The lowest BCUT2D eigenvalue weighted by atomic mass is 10.1. The lowest BCUT2D eigenvalue weighted by Crippen LogP contribution is -2.18. The number of aromatic nitrogens is 2. The summed E-state index contributed by atoms with van der Waals surface area (Å²) in [6.45, 7) is 5.03. The molecule has 0 aliphatic heterocycles. The molecular formula is C12H15N3S. The van der Waals surface area contributed by atoms with Crippen LogP contribution in [0.1, 0.15) is 29.8 Å². The van der Waals surface area contributed by atoms with Gasteiger partial charge in [-0.2, -0.15) is 0 Å². The fourth-order valence-electron chi connectivity index (χ4n) is 1.49. The predicted octanol–water partition coefficient (Wildman–Crippen LogP) is 2.70. The van der Waals surface area contributed by atoms with E-state index in [-0.39, 0.29) is 0 Å². The number of hydrogen-bond donors (Lipinski definition) is 1. The summed E-state index contributed by atoms with van der Waals surface area (Å²) >= 11 is 1.39. The Balaban J connectivity index is 1.93. The molecule has 3 nitrogen and oxygen atoms in total. The minimum absolute atomic E-state index is 0.335. The van der Waals surface area contributed by atoms with Gasteiger partial charge in [0.05, 0.1) is 5.69 Å². The Morgan fingerprint density at radius 1 is 1.31 bits per heavy atom. The number of benzene rings is 1. The quantitative estimate of drug-likeness (QED) is 0.882. The maximum absolute atomic E-state index is 4.00. The summed E-state index contributed by atoms with van der Waals surface area (Å²) < 4.78 is 3.84. The zero-order chi connectivity index (χ0) is 11.4. The molecule has 0 radical (unpaired) electrons. The molecule has 0 fully saturated rings. The molecule has 2 aromatic rings. The van der Waals surface area contributed by atoms with Gasteiger partial charge in [-0.25, -0.2) is 0 Å². The van der Waals surface area contributed by atoms with E-state index in [1.807, 2.05) is 5.38 Å². The average molecular weight is 233 g/mol. The number of nitrogens with one attached hydrogen (secondary N) is 1. The molecule has 0 saturated carbocycles. The molecule has 1 aromatic heterocycles. The highest BCUT2D eigenvalue weighted by molar-refractivity contribution is 7.03. The third kappa shape index (κ3) is 2.87. The highest BCUT2D eigenvalue weighted by atomic mass is 32.1. The summed E-state index contributed by atoms with van der Waals surface area (Å²) in [5.41, 5.74) is 3.59. The Kier molecular flexibility index (Phi) is 3.64. The van der Waals surface area contributed by atoms with Crippen LogP contribution in [0.5, 0.6) is 0 Å². The van der Waals surface area contributed by atoms with Crippen molar-refractivity contribution in [1.82, 2.24) is 14.9 Å². The third-order valence-electron chi connectivity index (χ3n) is 2.57. The molecule has 1 heterocycles. The normalized spacial score (nSPS) is 12.6. The highest BCUT2D eigenvalue weighted by Gasteiger charge is 2.05. The predicted molar refractivity (Wildman–Crippen MR) is 66.3 cm³/mol.